The van der Waals surface area contributed by atoms with Gasteiger partial charge in [0.15, 0.2) is 0 Å². The Morgan fingerprint density at radius 3 is 2.53 bits per heavy atom. The predicted octanol–water partition coefficient (Wildman–Crippen LogP) is 3.12. The first-order valence-electron chi connectivity index (χ1n) is 4.30. The van der Waals surface area contributed by atoms with Crippen LogP contribution in [0.5, 0.6) is 0 Å². The second-order valence-corrected chi connectivity index (χ2v) is 6.65. The van der Waals surface area contributed by atoms with Gasteiger partial charge in [-0.1, -0.05) is 46.3 Å². The van der Waals surface area contributed by atoms with E-state index < -0.39 is 9.05 Å². The van der Waals surface area contributed by atoms with E-state index >= 15 is 0 Å². The molecule has 0 N–H and O–H groups in total. The van der Waals surface area contributed by atoms with Crippen LogP contribution in [0.15, 0.2) is 40.9 Å². The van der Waals surface area contributed by atoms with Crippen molar-refractivity contribution in [2.45, 2.75) is 6.42 Å². The number of allylic oxidation sites excluding steroid dienone is 1. The lowest BCUT2D eigenvalue weighted by Gasteiger charge is -1.98. The summed E-state index contributed by atoms with van der Waals surface area (Å²) in [5.41, 5.74) is 1.11. The Balaban J connectivity index is 2.55. The summed E-state index contributed by atoms with van der Waals surface area (Å²) >= 11 is 3.41. The van der Waals surface area contributed by atoms with Crippen LogP contribution in [0.2, 0.25) is 0 Å². The summed E-state index contributed by atoms with van der Waals surface area (Å²) < 4.78 is 22.2. The zero-order chi connectivity index (χ0) is 11.3. The minimum Gasteiger partial charge on any atom is -0.212 e. The van der Waals surface area contributed by atoms with Gasteiger partial charge < -0.3 is 0 Å². The maximum Gasteiger partial charge on any atom is 0.236 e. The van der Waals surface area contributed by atoms with Gasteiger partial charge >= 0.3 is 0 Å². The van der Waals surface area contributed by atoms with Crippen molar-refractivity contribution in [1.82, 2.24) is 0 Å². The van der Waals surface area contributed by atoms with E-state index in [1.54, 1.807) is 12.2 Å². The fourth-order valence-electron chi connectivity index (χ4n) is 1.06. The molecule has 0 fully saturated rings. The number of halogens is 2. The van der Waals surface area contributed by atoms with Crippen LogP contribution in [-0.2, 0) is 15.5 Å². The fraction of sp³-hybridized carbons (Fsp3) is 0.200. The van der Waals surface area contributed by atoms with E-state index in [1.807, 2.05) is 24.3 Å². The molecule has 82 valence electrons. The van der Waals surface area contributed by atoms with Gasteiger partial charge in [-0.25, -0.2) is 8.42 Å². The molecule has 0 unspecified atom stereocenters. The Hall–Kier alpha value is -0.320. The van der Waals surface area contributed by atoms with E-state index in [1.165, 1.54) is 0 Å². The highest BCUT2D eigenvalue weighted by Crippen LogP contribution is 2.16. The van der Waals surface area contributed by atoms with Crippen molar-refractivity contribution in [2.75, 3.05) is 5.75 Å². The Morgan fingerprint density at radius 2 is 1.93 bits per heavy atom. The number of rotatable bonds is 4. The van der Waals surface area contributed by atoms with E-state index in [2.05, 4.69) is 15.9 Å². The first-order chi connectivity index (χ1) is 6.99. The van der Waals surface area contributed by atoms with E-state index in [-0.39, 0.29) is 5.75 Å². The molecular formula is C10H10BrClO2S. The van der Waals surface area contributed by atoms with Crippen molar-refractivity contribution in [3.05, 3.63) is 46.5 Å². The average molecular weight is 310 g/mol. The van der Waals surface area contributed by atoms with Crippen LogP contribution in [0.4, 0.5) is 0 Å². The van der Waals surface area contributed by atoms with Gasteiger partial charge in [0.1, 0.15) is 0 Å². The molecule has 0 aliphatic rings. The number of hydrogen-bond acceptors (Lipinski definition) is 2. The van der Waals surface area contributed by atoms with Crippen molar-refractivity contribution in [1.29, 1.82) is 0 Å². The summed E-state index contributed by atoms with van der Waals surface area (Å²) in [6, 6.07) is 7.79. The standard InChI is InChI=1S/C10H10BrClO2S/c11-10-7-2-1-5-9(10)6-3-4-8-15(12,13)14/h1-5,7H,6,8H2/b4-3-. The van der Waals surface area contributed by atoms with Gasteiger partial charge in [-0.3, -0.25) is 0 Å². The highest BCUT2D eigenvalue weighted by molar-refractivity contribution is 9.10. The van der Waals surface area contributed by atoms with Gasteiger partial charge in [0, 0.05) is 15.2 Å². The maximum atomic E-state index is 10.6. The molecule has 1 rings (SSSR count). The van der Waals surface area contributed by atoms with Gasteiger partial charge in [-0.05, 0) is 18.1 Å². The normalized spacial score (nSPS) is 12.1. The Kier molecular flexibility index (Phi) is 4.83. The third kappa shape index (κ3) is 5.35. The largest absolute Gasteiger partial charge is 0.236 e. The van der Waals surface area contributed by atoms with Crippen LogP contribution in [0.3, 0.4) is 0 Å². The van der Waals surface area contributed by atoms with Crippen LogP contribution in [-0.4, -0.2) is 14.2 Å². The van der Waals surface area contributed by atoms with Gasteiger partial charge in [0.25, 0.3) is 0 Å². The van der Waals surface area contributed by atoms with Crippen LogP contribution in [0.25, 0.3) is 0 Å². The summed E-state index contributed by atoms with van der Waals surface area (Å²) in [5, 5.41) is 0. The van der Waals surface area contributed by atoms with Crippen molar-refractivity contribution in [3.63, 3.8) is 0 Å². The molecule has 1 aromatic rings. The summed E-state index contributed by atoms with van der Waals surface area (Å²) in [4.78, 5) is 0. The molecule has 15 heavy (non-hydrogen) atoms. The molecule has 0 saturated carbocycles. The quantitative estimate of drug-likeness (QED) is 0.632. The lowest BCUT2D eigenvalue weighted by atomic mass is 10.1. The molecule has 0 bridgehead atoms. The minimum atomic E-state index is -3.41. The highest BCUT2D eigenvalue weighted by atomic mass is 79.9. The maximum absolute atomic E-state index is 10.6. The fourth-order valence-corrected chi connectivity index (χ4v) is 2.09. The second-order valence-electron chi connectivity index (χ2n) is 2.97. The van der Waals surface area contributed by atoms with Crippen molar-refractivity contribution in [2.24, 2.45) is 0 Å². The third-order valence-electron chi connectivity index (χ3n) is 1.76. The molecule has 0 heterocycles. The Labute approximate surface area is 103 Å². The lowest BCUT2D eigenvalue weighted by Crippen LogP contribution is -1.92. The van der Waals surface area contributed by atoms with Gasteiger partial charge in [-0.15, -0.1) is 0 Å². The molecule has 0 amide bonds. The molecule has 0 spiro atoms. The molecular weight excluding hydrogens is 300 g/mol. The van der Waals surface area contributed by atoms with E-state index in [9.17, 15) is 8.42 Å². The topological polar surface area (TPSA) is 34.1 Å². The summed E-state index contributed by atoms with van der Waals surface area (Å²) in [5.74, 6) is -0.126. The van der Waals surface area contributed by atoms with Crippen molar-refractivity contribution < 1.29 is 8.42 Å². The van der Waals surface area contributed by atoms with Gasteiger partial charge in [-0.2, -0.15) is 0 Å². The zero-order valence-corrected chi connectivity index (χ0v) is 11.0. The predicted molar refractivity (Wildman–Crippen MR) is 66.6 cm³/mol. The van der Waals surface area contributed by atoms with Gasteiger partial charge in [0.2, 0.25) is 9.05 Å². The molecule has 0 atom stereocenters. The van der Waals surface area contributed by atoms with E-state index in [0.29, 0.717) is 6.42 Å². The summed E-state index contributed by atoms with van der Waals surface area (Å²) in [6.45, 7) is 0. The van der Waals surface area contributed by atoms with Crippen LogP contribution < -0.4 is 0 Å². The zero-order valence-electron chi connectivity index (χ0n) is 7.86. The number of hydrogen-bond donors (Lipinski definition) is 0. The molecule has 5 heteroatoms. The molecule has 0 aromatic heterocycles. The van der Waals surface area contributed by atoms with Crippen molar-refractivity contribution >= 4 is 35.7 Å². The monoisotopic (exact) mass is 308 g/mol. The molecule has 2 nitrogen and oxygen atoms in total. The first-order valence-corrected chi connectivity index (χ1v) is 7.57. The smallest absolute Gasteiger partial charge is 0.212 e. The van der Waals surface area contributed by atoms with Crippen LogP contribution in [0.1, 0.15) is 5.56 Å². The van der Waals surface area contributed by atoms with Crippen LogP contribution in [0, 0.1) is 0 Å². The molecule has 0 aliphatic carbocycles. The van der Waals surface area contributed by atoms with Gasteiger partial charge in [0.05, 0.1) is 5.75 Å². The highest BCUT2D eigenvalue weighted by Gasteiger charge is 2.00. The van der Waals surface area contributed by atoms with Crippen LogP contribution >= 0.6 is 26.6 Å². The Bertz CT molecular complexity index is 454. The molecule has 0 saturated heterocycles. The average Bonchev–Trinajstić information content (AvgIpc) is 2.13. The second kappa shape index (κ2) is 5.68. The molecule has 0 aliphatic heterocycles. The first kappa shape index (κ1) is 12.7. The van der Waals surface area contributed by atoms with Crippen molar-refractivity contribution in [3.8, 4) is 0 Å². The summed E-state index contributed by atoms with van der Waals surface area (Å²) in [7, 11) is 1.64. The summed E-state index contributed by atoms with van der Waals surface area (Å²) in [6.07, 6.45) is 4.04. The SMILES string of the molecule is O=S(=O)(Cl)C/C=C\Cc1ccccc1Br. The lowest BCUT2D eigenvalue weighted by molar-refractivity contribution is 0.612. The van der Waals surface area contributed by atoms with E-state index in [4.69, 9.17) is 10.7 Å². The number of benzene rings is 1. The minimum absolute atomic E-state index is 0.126. The third-order valence-corrected chi connectivity index (χ3v) is 3.50. The molecule has 0 radical (unpaired) electrons. The molecule has 1 aromatic carbocycles. The van der Waals surface area contributed by atoms with E-state index in [0.717, 1.165) is 10.0 Å². The Morgan fingerprint density at radius 1 is 1.27 bits per heavy atom.